The van der Waals surface area contributed by atoms with Gasteiger partial charge in [-0.3, -0.25) is 4.79 Å². The number of ether oxygens (including phenoxy) is 1. The molecule has 27 heavy (non-hydrogen) atoms. The molecule has 3 amide bonds. The number of halogens is 1. The van der Waals surface area contributed by atoms with Crippen molar-refractivity contribution in [1.29, 1.82) is 0 Å². The van der Waals surface area contributed by atoms with Gasteiger partial charge in [-0.25, -0.2) is 9.18 Å². The third-order valence-corrected chi connectivity index (χ3v) is 5.08. The normalized spacial score (nSPS) is 10.6. The van der Waals surface area contributed by atoms with Crippen molar-refractivity contribution in [3.63, 3.8) is 0 Å². The van der Waals surface area contributed by atoms with Crippen molar-refractivity contribution in [1.82, 2.24) is 5.32 Å². The van der Waals surface area contributed by atoms with E-state index < -0.39 is 0 Å². The first-order chi connectivity index (χ1) is 13.0. The Kier molecular flexibility index (Phi) is 5.68. The van der Waals surface area contributed by atoms with Gasteiger partial charge in [0.05, 0.1) is 11.5 Å². The zero-order chi connectivity index (χ0) is 19.4. The van der Waals surface area contributed by atoms with Crippen LogP contribution < -0.4 is 16.0 Å². The zero-order valence-electron chi connectivity index (χ0n) is 14.8. The van der Waals surface area contributed by atoms with Crippen LogP contribution in [0.1, 0.15) is 15.2 Å². The highest BCUT2D eigenvalue weighted by Gasteiger charge is 2.20. The number of hydrogen-bond donors (Lipinski definition) is 3. The number of rotatable bonds is 5. The SMILES string of the molecule is CNC(=O)Nc1ccc(NC(=O)c2sc3cccc(F)c3c2COC)cc1. The molecular weight excluding hydrogens is 369 g/mol. The van der Waals surface area contributed by atoms with Gasteiger partial charge in [0.15, 0.2) is 0 Å². The van der Waals surface area contributed by atoms with E-state index in [1.165, 1.54) is 31.6 Å². The third-order valence-electron chi connectivity index (χ3n) is 3.89. The number of benzene rings is 2. The van der Waals surface area contributed by atoms with Gasteiger partial charge < -0.3 is 20.7 Å². The molecule has 3 aromatic rings. The summed E-state index contributed by atoms with van der Waals surface area (Å²) in [5.41, 5.74) is 1.69. The maximum Gasteiger partial charge on any atom is 0.318 e. The van der Waals surface area contributed by atoms with Gasteiger partial charge >= 0.3 is 6.03 Å². The Morgan fingerprint density at radius 3 is 2.37 bits per heavy atom. The molecule has 3 rings (SSSR count). The second-order valence-electron chi connectivity index (χ2n) is 5.69. The molecule has 3 N–H and O–H groups in total. The van der Waals surface area contributed by atoms with E-state index in [0.717, 1.165) is 0 Å². The van der Waals surface area contributed by atoms with Crippen LogP contribution >= 0.6 is 11.3 Å². The lowest BCUT2D eigenvalue weighted by Crippen LogP contribution is -2.24. The van der Waals surface area contributed by atoms with Crippen LogP contribution in [0.3, 0.4) is 0 Å². The van der Waals surface area contributed by atoms with Gasteiger partial charge in [0, 0.05) is 41.2 Å². The summed E-state index contributed by atoms with van der Waals surface area (Å²) in [4.78, 5) is 24.5. The van der Waals surface area contributed by atoms with E-state index in [1.807, 2.05) is 0 Å². The molecule has 0 bridgehead atoms. The Morgan fingerprint density at radius 1 is 1.07 bits per heavy atom. The van der Waals surface area contributed by atoms with Crippen LogP contribution in [0.15, 0.2) is 42.5 Å². The van der Waals surface area contributed by atoms with Crippen molar-refractivity contribution in [3.05, 3.63) is 58.7 Å². The molecule has 0 unspecified atom stereocenters. The van der Waals surface area contributed by atoms with Crippen molar-refractivity contribution < 1.29 is 18.7 Å². The number of amides is 3. The third kappa shape index (κ3) is 4.07. The summed E-state index contributed by atoms with van der Waals surface area (Å²) in [5, 5.41) is 8.30. The molecule has 0 aliphatic carbocycles. The van der Waals surface area contributed by atoms with Gasteiger partial charge in [-0.05, 0) is 36.4 Å². The molecule has 1 heterocycles. The molecule has 2 aromatic carbocycles. The Hall–Kier alpha value is -2.97. The van der Waals surface area contributed by atoms with Crippen molar-refractivity contribution in [2.24, 2.45) is 0 Å². The van der Waals surface area contributed by atoms with Crippen LogP contribution in [-0.4, -0.2) is 26.1 Å². The lowest BCUT2D eigenvalue weighted by Gasteiger charge is -2.08. The molecule has 0 aliphatic rings. The highest BCUT2D eigenvalue weighted by Crippen LogP contribution is 2.34. The molecule has 1 aromatic heterocycles. The zero-order valence-corrected chi connectivity index (χ0v) is 15.6. The minimum atomic E-state index is -0.375. The van der Waals surface area contributed by atoms with Crippen molar-refractivity contribution >= 4 is 44.7 Å². The summed E-state index contributed by atoms with van der Waals surface area (Å²) in [5.74, 6) is -0.714. The minimum Gasteiger partial charge on any atom is -0.380 e. The average Bonchev–Trinajstić information content (AvgIpc) is 3.03. The Balaban J connectivity index is 1.85. The van der Waals surface area contributed by atoms with Crippen molar-refractivity contribution in [3.8, 4) is 0 Å². The number of anilines is 2. The first kappa shape index (κ1) is 18.8. The van der Waals surface area contributed by atoms with Crippen LogP contribution in [0.5, 0.6) is 0 Å². The second kappa shape index (κ2) is 8.15. The fourth-order valence-electron chi connectivity index (χ4n) is 2.65. The van der Waals surface area contributed by atoms with Crippen molar-refractivity contribution in [2.75, 3.05) is 24.8 Å². The predicted molar refractivity (Wildman–Crippen MR) is 105 cm³/mol. The number of nitrogens with one attached hydrogen (secondary N) is 3. The summed E-state index contributed by atoms with van der Waals surface area (Å²) >= 11 is 1.22. The van der Waals surface area contributed by atoms with Gasteiger partial charge in [0.1, 0.15) is 5.82 Å². The standard InChI is InChI=1S/C19H18FN3O3S/c1-21-19(25)23-12-8-6-11(7-9-12)22-18(24)17-13(10-26-2)16-14(20)4-3-5-15(16)27-17/h3-9H,10H2,1-2H3,(H,22,24)(H2,21,23,25). The van der Waals surface area contributed by atoms with Gasteiger partial charge in [-0.15, -0.1) is 11.3 Å². The van der Waals surface area contributed by atoms with E-state index in [4.69, 9.17) is 4.74 Å². The summed E-state index contributed by atoms with van der Waals surface area (Å²) in [6.45, 7) is 0.138. The molecule has 0 fully saturated rings. The molecule has 6 nitrogen and oxygen atoms in total. The summed E-state index contributed by atoms with van der Waals surface area (Å²) < 4.78 is 20.1. The number of carbonyl (C=O) groups excluding carboxylic acids is 2. The number of fused-ring (bicyclic) bond motifs is 1. The number of hydrogen-bond acceptors (Lipinski definition) is 4. The predicted octanol–water partition coefficient (Wildman–Crippen LogP) is 4.19. The van der Waals surface area contributed by atoms with Gasteiger partial charge in [-0.2, -0.15) is 0 Å². The lowest BCUT2D eigenvalue weighted by atomic mass is 10.1. The summed E-state index contributed by atoms with van der Waals surface area (Å²) in [6.07, 6.45) is 0. The van der Waals surface area contributed by atoms with Gasteiger partial charge in [0.2, 0.25) is 0 Å². The van der Waals surface area contributed by atoms with Gasteiger partial charge in [0.25, 0.3) is 5.91 Å². The van der Waals surface area contributed by atoms with E-state index in [-0.39, 0.29) is 24.4 Å². The topological polar surface area (TPSA) is 79.5 Å². The Bertz CT molecular complexity index is 986. The monoisotopic (exact) mass is 387 g/mol. The van der Waals surface area contributed by atoms with Crippen LogP contribution in [0.4, 0.5) is 20.6 Å². The maximum absolute atomic E-state index is 14.2. The largest absolute Gasteiger partial charge is 0.380 e. The molecule has 0 aliphatic heterocycles. The highest BCUT2D eigenvalue weighted by molar-refractivity contribution is 7.21. The first-order valence-corrected chi connectivity index (χ1v) is 8.94. The molecule has 140 valence electrons. The molecule has 0 spiro atoms. The number of methoxy groups -OCH3 is 1. The van der Waals surface area contributed by atoms with E-state index in [9.17, 15) is 14.0 Å². The second-order valence-corrected chi connectivity index (χ2v) is 6.74. The number of thiophene rings is 1. The van der Waals surface area contributed by atoms with E-state index >= 15 is 0 Å². The minimum absolute atomic E-state index is 0.138. The fraction of sp³-hybridized carbons (Fsp3) is 0.158. The smallest absolute Gasteiger partial charge is 0.318 e. The van der Waals surface area contributed by atoms with Crippen LogP contribution in [-0.2, 0) is 11.3 Å². The van der Waals surface area contributed by atoms with E-state index in [0.29, 0.717) is 31.9 Å². The maximum atomic E-state index is 14.2. The van der Waals surface area contributed by atoms with E-state index in [1.54, 1.807) is 36.4 Å². The summed E-state index contributed by atoms with van der Waals surface area (Å²) in [7, 11) is 3.03. The molecule has 0 atom stereocenters. The number of carbonyl (C=O) groups is 2. The quantitative estimate of drug-likeness (QED) is 0.614. The van der Waals surface area contributed by atoms with Crippen LogP contribution in [0, 0.1) is 5.82 Å². The number of urea groups is 1. The molecule has 0 radical (unpaired) electrons. The molecular formula is C19H18FN3O3S. The average molecular weight is 387 g/mol. The fourth-order valence-corrected chi connectivity index (χ4v) is 3.77. The Morgan fingerprint density at radius 2 is 1.74 bits per heavy atom. The molecule has 0 saturated carbocycles. The van der Waals surface area contributed by atoms with Crippen LogP contribution in [0.25, 0.3) is 10.1 Å². The Labute approximate surface area is 159 Å². The van der Waals surface area contributed by atoms with Crippen LogP contribution in [0.2, 0.25) is 0 Å². The highest BCUT2D eigenvalue weighted by atomic mass is 32.1. The van der Waals surface area contributed by atoms with E-state index in [2.05, 4.69) is 16.0 Å². The van der Waals surface area contributed by atoms with Crippen molar-refractivity contribution in [2.45, 2.75) is 6.61 Å². The lowest BCUT2D eigenvalue weighted by molar-refractivity contribution is 0.102. The molecule has 8 heteroatoms. The first-order valence-electron chi connectivity index (χ1n) is 8.12. The van der Waals surface area contributed by atoms with Gasteiger partial charge in [-0.1, -0.05) is 6.07 Å². The summed E-state index contributed by atoms with van der Waals surface area (Å²) in [6, 6.07) is 11.1. The molecule has 0 saturated heterocycles.